The zero-order valence-electron chi connectivity index (χ0n) is 17.5. The van der Waals surface area contributed by atoms with Crippen LogP contribution in [0.1, 0.15) is 29.3 Å². The van der Waals surface area contributed by atoms with Crippen LogP contribution < -0.4 is 10.9 Å². The number of aromatic nitrogens is 1. The van der Waals surface area contributed by atoms with Crippen molar-refractivity contribution in [1.82, 2.24) is 15.4 Å². The SMILES string of the molecule is CC(NNc1ccc(C(=O)N2N=C(c3ccccc3)CC2(O)C(F)(F)F)cn1)=C1C=CC=C1. The lowest BCUT2D eigenvalue weighted by Gasteiger charge is -2.32. The van der Waals surface area contributed by atoms with Crippen LogP contribution in [0.3, 0.4) is 0 Å². The zero-order chi connectivity index (χ0) is 23.6. The topological polar surface area (TPSA) is 89.8 Å². The number of anilines is 1. The van der Waals surface area contributed by atoms with Gasteiger partial charge in [-0.3, -0.25) is 10.2 Å². The van der Waals surface area contributed by atoms with E-state index in [1.54, 1.807) is 30.3 Å². The number of carbonyl (C=O) groups is 1. The molecule has 0 spiro atoms. The molecule has 2 heterocycles. The summed E-state index contributed by atoms with van der Waals surface area (Å²) in [6.45, 7) is 1.86. The van der Waals surface area contributed by atoms with Crippen LogP contribution in [0, 0.1) is 0 Å². The summed E-state index contributed by atoms with van der Waals surface area (Å²) in [5, 5.41) is 14.4. The molecular weight excluding hydrogens is 435 g/mol. The summed E-state index contributed by atoms with van der Waals surface area (Å²) in [6.07, 6.45) is 2.76. The smallest absolute Gasteiger partial charge is 0.362 e. The second kappa shape index (κ2) is 8.55. The summed E-state index contributed by atoms with van der Waals surface area (Å²) in [4.78, 5) is 17.0. The van der Waals surface area contributed by atoms with Gasteiger partial charge < -0.3 is 10.5 Å². The quantitative estimate of drug-likeness (QED) is 0.595. The van der Waals surface area contributed by atoms with E-state index in [2.05, 4.69) is 20.9 Å². The third-order valence-corrected chi connectivity index (χ3v) is 5.22. The largest absolute Gasteiger partial charge is 0.438 e. The molecule has 1 unspecified atom stereocenters. The molecule has 3 N–H and O–H groups in total. The Balaban J connectivity index is 1.54. The van der Waals surface area contributed by atoms with E-state index in [9.17, 15) is 23.1 Å². The number of nitrogens with one attached hydrogen (secondary N) is 2. The normalized spacial score (nSPS) is 19.6. The Bertz CT molecular complexity index is 1160. The molecule has 1 atom stereocenters. The van der Waals surface area contributed by atoms with Crippen LogP contribution in [-0.2, 0) is 0 Å². The molecule has 0 saturated carbocycles. The summed E-state index contributed by atoms with van der Waals surface area (Å²) < 4.78 is 41.3. The molecule has 0 bridgehead atoms. The van der Waals surface area contributed by atoms with E-state index in [0.29, 0.717) is 11.4 Å². The molecule has 7 nitrogen and oxygen atoms in total. The molecule has 1 aromatic heterocycles. The molecule has 33 heavy (non-hydrogen) atoms. The number of benzene rings is 1. The lowest BCUT2D eigenvalue weighted by molar-refractivity contribution is -0.297. The van der Waals surface area contributed by atoms with Gasteiger partial charge in [-0.25, -0.2) is 4.98 Å². The molecule has 170 valence electrons. The van der Waals surface area contributed by atoms with Gasteiger partial charge >= 0.3 is 6.18 Å². The number of aliphatic hydroxyl groups is 1. The predicted octanol–water partition coefficient (Wildman–Crippen LogP) is 3.90. The maximum Gasteiger partial charge on any atom is 0.438 e. The lowest BCUT2D eigenvalue weighted by Crippen LogP contribution is -2.56. The number of pyridine rings is 1. The molecule has 4 rings (SSSR count). The molecule has 0 saturated heterocycles. The Morgan fingerprint density at radius 1 is 1.12 bits per heavy atom. The number of rotatable bonds is 5. The summed E-state index contributed by atoms with van der Waals surface area (Å²) in [7, 11) is 0. The highest BCUT2D eigenvalue weighted by Gasteiger charge is 2.63. The first kappa shape index (κ1) is 22.3. The Kier molecular flexibility index (Phi) is 5.77. The number of hydrogen-bond donors (Lipinski definition) is 3. The first-order valence-corrected chi connectivity index (χ1v) is 9.99. The van der Waals surface area contributed by atoms with E-state index >= 15 is 0 Å². The van der Waals surface area contributed by atoms with Crippen molar-refractivity contribution in [2.75, 3.05) is 5.43 Å². The van der Waals surface area contributed by atoms with Gasteiger partial charge in [-0.2, -0.15) is 23.3 Å². The van der Waals surface area contributed by atoms with Crippen molar-refractivity contribution in [2.24, 2.45) is 5.10 Å². The number of hydrazone groups is 1. The highest BCUT2D eigenvalue weighted by Crippen LogP contribution is 2.42. The second-order valence-corrected chi connectivity index (χ2v) is 7.50. The van der Waals surface area contributed by atoms with Crippen LogP contribution in [0.4, 0.5) is 19.0 Å². The minimum Gasteiger partial charge on any atom is -0.362 e. The number of hydrogen-bond acceptors (Lipinski definition) is 6. The van der Waals surface area contributed by atoms with Gasteiger partial charge in [0.05, 0.1) is 17.7 Å². The van der Waals surface area contributed by atoms with E-state index in [-0.39, 0.29) is 16.3 Å². The highest BCUT2D eigenvalue weighted by molar-refractivity contribution is 6.05. The number of allylic oxidation sites excluding steroid dienone is 6. The van der Waals surface area contributed by atoms with Crippen LogP contribution in [0.15, 0.2) is 89.3 Å². The first-order chi connectivity index (χ1) is 15.7. The molecule has 1 aromatic carbocycles. The number of halogens is 3. The minimum atomic E-state index is -5.12. The predicted molar refractivity (Wildman–Crippen MR) is 117 cm³/mol. The van der Waals surface area contributed by atoms with Gasteiger partial charge in [-0.05, 0) is 30.2 Å². The Morgan fingerprint density at radius 3 is 2.42 bits per heavy atom. The lowest BCUT2D eigenvalue weighted by atomic mass is 10.0. The first-order valence-electron chi connectivity index (χ1n) is 9.99. The minimum absolute atomic E-state index is 0.0438. The standard InChI is InChI=1S/C23H20F3N5O2/c1-15(16-7-5-6-8-16)28-29-20-12-11-18(14-27-20)21(32)31-22(33,23(24,25)26)13-19(30-31)17-9-3-2-4-10-17/h2-12,14,28,33H,13H2,1H3,(H,27,29). The van der Waals surface area contributed by atoms with Crippen molar-refractivity contribution in [1.29, 1.82) is 0 Å². The molecule has 10 heteroatoms. The fourth-order valence-corrected chi connectivity index (χ4v) is 3.34. The van der Waals surface area contributed by atoms with Crippen LogP contribution >= 0.6 is 0 Å². The van der Waals surface area contributed by atoms with Crippen LogP contribution in [0.25, 0.3) is 0 Å². The average Bonchev–Trinajstić information content (AvgIpc) is 3.47. The Labute approximate surface area is 187 Å². The summed E-state index contributed by atoms with van der Waals surface area (Å²) in [5.41, 5.74) is 4.35. The monoisotopic (exact) mass is 455 g/mol. The second-order valence-electron chi connectivity index (χ2n) is 7.50. The van der Waals surface area contributed by atoms with Crippen molar-refractivity contribution in [2.45, 2.75) is 25.2 Å². The van der Waals surface area contributed by atoms with Crippen molar-refractivity contribution in [3.63, 3.8) is 0 Å². The number of hydrazine groups is 1. The Hall–Kier alpha value is -3.92. The van der Waals surface area contributed by atoms with Crippen LogP contribution in [0.5, 0.6) is 0 Å². The van der Waals surface area contributed by atoms with Crippen molar-refractivity contribution in [3.8, 4) is 0 Å². The van der Waals surface area contributed by atoms with Crippen molar-refractivity contribution in [3.05, 3.63) is 95.4 Å². The highest BCUT2D eigenvalue weighted by atomic mass is 19.4. The third-order valence-electron chi connectivity index (χ3n) is 5.22. The van der Waals surface area contributed by atoms with Gasteiger partial charge in [0.25, 0.3) is 11.6 Å². The fourth-order valence-electron chi connectivity index (χ4n) is 3.34. The van der Waals surface area contributed by atoms with Gasteiger partial charge in [0.1, 0.15) is 5.82 Å². The summed E-state index contributed by atoms with van der Waals surface area (Å²) in [5.74, 6) is -0.772. The van der Waals surface area contributed by atoms with E-state index in [0.717, 1.165) is 17.5 Å². The van der Waals surface area contributed by atoms with Crippen LogP contribution in [0.2, 0.25) is 0 Å². The van der Waals surface area contributed by atoms with Crippen molar-refractivity contribution >= 4 is 17.4 Å². The van der Waals surface area contributed by atoms with E-state index in [1.165, 1.54) is 12.1 Å². The van der Waals surface area contributed by atoms with E-state index < -0.39 is 24.2 Å². The van der Waals surface area contributed by atoms with Crippen LogP contribution in [-0.4, -0.2) is 38.6 Å². The van der Waals surface area contributed by atoms with Gasteiger partial charge in [-0.1, -0.05) is 54.6 Å². The third kappa shape index (κ3) is 4.37. The number of carbonyl (C=O) groups excluding carboxylic acids is 1. The number of nitrogens with zero attached hydrogens (tertiary/aromatic N) is 3. The van der Waals surface area contributed by atoms with Gasteiger partial charge in [0.15, 0.2) is 0 Å². The molecule has 2 aromatic rings. The summed E-state index contributed by atoms with van der Waals surface area (Å²) in [6, 6.07) is 10.8. The molecule has 1 aliphatic heterocycles. The molecule has 2 aliphatic rings. The molecule has 1 aliphatic carbocycles. The van der Waals surface area contributed by atoms with E-state index in [1.807, 2.05) is 31.2 Å². The molecule has 0 radical (unpaired) electrons. The molecule has 0 fully saturated rings. The van der Waals surface area contributed by atoms with Gasteiger partial charge in [0, 0.05) is 11.9 Å². The fraction of sp³-hybridized carbons (Fsp3) is 0.174. The zero-order valence-corrected chi connectivity index (χ0v) is 17.5. The summed E-state index contributed by atoms with van der Waals surface area (Å²) >= 11 is 0. The van der Waals surface area contributed by atoms with E-state index in [4.69, 9.17) is 0 Å². The molecule has 1 amide bonds. The number of alkyl halides is 3. The molecular formula is C23H20F3N5O2. The maximum absolute atomic E-state index is 13.8. The Morgan fingerprint density at radius 2 is 1.82 bits per heavy atom. The maximum atomic E-state index is 13.8. The van der Waals surface area contributed by atoms with Crippen molar-refractivity contribution < 1.29 is 23.1 Å². The van der Waals surface area contributed by atoms with Gasteiger partial charge in [-0.15, -0.1) is 0 Å². The average molecular weight is 455 g/mol. The van der Waals surface area contributed by atoms with Gasteiger partial charge in [0.2, 0.25) is 0 Å². The number of amides is 1.